The maximum atomic E-state index is 10.9. The van der Waals surface area contributed by atoms with E-state index in [1.54, 1.807) is 0 Å². The van der Waals surface area contributed by atoms with Gasteiger partial charge in [-0.3, -0.25) is 9.36 Å². The van der Waals surface area contributed by atoms with Gasteiger partial charge in [-0.1, -0.05) is 24.1 Å². The van der Waals surface area contributed by atoms with E-state index in [-0.39, 0.29) is 0 Å². The SMILES string of the molecule is CC#Cn1c2ccccc2c2cc(C=O)ccc21. The normalized spacial score (nSPS) is 10.3. The fraction of sp³-hybridized carbons (Fsp3) is 0.0625. The average Bonchev–Trinajstić information content (AvgIpc) is 2.74. The van der Waals surface area contributed by atoms with Crippen molar-refractivity contribution in [2.45, 2.75) is 6.92 Å². The number of carbonyl (C=O) groups is 1. The minimum Gasteiger partial charge on any atom is -0.298 e. The molecule has 2 nitrogen and oxygen atoms in total. The Balaban J connectivity index is 2.56. The minimum absolute atomic E-state index is 0.690. The molecular formula is C16H11NO. The van der Waals surface area contributed by atoms with Crippen LogP contribution in [-0.2, 0) is 0 Å². The highest BCUT2D eigenvalue weighted by molar-refractivity contribution is 6.09. The summed E-state index contributed by atoms with van der Waals surface area (Å²) >= 11 is 0. The van der Waals surface area contributed by atoms with Crippen LogP contribution in [0.1, 0.15) is 17.3 Å². The van der Waals surface area contributed by atoms with E-state index in [0.29, 0.717) is 5.56 Å². The van der Waals surface area contributed by atoms with Gasteiger partial charge in [-0.2, -0.15) is 0 Å². The quantitative estimate of drug-likeness (QED) is 0.466. The third-order valence-electron chi connectivity index (χ3n) is 3.06. The van der Waals surface area contributed by atoms with Crippen LogP contribution in [0.4, 0.5) is 0 Å². The van der Waals surface area contributed by atoms with Crippen molar-refractivity contribution in [3.05, 3.63) is 48.0 Å². The van der Waals surface area contributed by atoms with Gasteiger partial charge in [0.25, 0.3) is 0 Å². The summed E-state index contributed by atoms with van der Waals surface area (Å²) in [5.74, 6) is 2.93. The molecule has 1 aromatic heterocycles. The van der Waals surface area contributed by atoms with E-state index in [9.17, 15) is 4.79 Å². The van der Waals surface area contributed by atoms with Crippen molar-refractivity contribution in [3.8, 4) is 12.0 Å². The third-order valence-corrected chi connectivity index (χ3v) is 3.06. The first-order valence-corrected chi connectivity index (χ1v) is 5.76. The number of carbonyl (C=O) groups excluding carboxylic acids is 1. The number of hydrogen-bond acceptors (Lipinski definition) is 1. The third kappa shape index (κ3) is 1.42. The largest absolute Gasteiger partial charge is 0.298 e. The van der Waals surface area contributed by atoms with Gasteiger partial charge in [0.05, 0.1) is 11.0 Å². The second kappa shape index (κ2) is 4.05. The molecule has 0 unspecified atom stereocenters. The van der Waals surface area contributed by atoms with Gasteiger partial charge in [0, 0.05) is 22.4 Å². The standard InChI is InChI=1S/C16H11NO/c1-2-9-17-15-6-4-3-5-13(15)14-10-12(11-18)7-8-16(14)17/h3-8,10-11H,1H3. The Labute approximate surface area is 105 Å². The fourth-order valence-electron chi connectivity index (χ4n) is 2.30. The van der Waals surface area contributed by atoms with Crippen LogP contribution in [0.15, 0.2) is 42.5 Å². The Morgan fingerprint density at radius 3 is 2.61 bits per heavy atom. The van der Waals surface area contributed by atoms with Crippen molar-refractivity contribution < 1.29 is 4.79 Å². The Kier molecular flexibility index (Phi) is 2.39. The van der Waals surface area contributed by atoms with Crippen molar-refractivity contribution in [3.63, 3.8) is 0 Å². The molecule has 0 saturated heterocycles. The summed E-state index contributed by atoms with van der Waals surface area (Å²) in [4.78, 5) is 10.9. The summed E-state index contributed by atoms with van der Waals surface area (Å²) < 4.78 is 1.97. The number of benzene rings is 2. The van der Waals surface area contributed by atoms with Gasteiger partial charge in [-0.25, -0.2) is 0 Å². The van der Waals surface area contributed by atoms with Crippen LogP contribution in [0, 0.1) is 12.0 Å². The maximum Gasteiger partial charge on any atom is 0.150 e. The summed E-state index contributed by atoms with van der Waals surface area (Å²) in [5, 5.41) is 2.19. The molecule has 0 aliphatic carbocycles. The van der Waals surface area contributed by atoms with Gasteiger partial charge in [-0.05, 0) is 31.2 Å². The maximum absolute atomic E-state index is 10.9. The molecular weight excluding hydrogens is 222 g/mol. The number of fused-ring (bicyclic) bond motifs is 3. The lowest BCUT2D eigenvalue weighted by Gasteiger charge is -1.96. The monoisotopic (exact) mass is 233 g/mol. The lowest BCUT2D eigenvalue weighted by atomic mass is 10.1. The smallest absolute Gasteiger partial charge is 0.150 e. The Hall–Kier alpha value is -2.53. The van der Waals surface area contributed by atoms with Crippen LogP contribution in [-0.4, -0.2) is 10.9 Å². The molecule has 0 spiro atoms. The highest BCUT2D eigenvalue weighted by atomic mass is 16.1. The number of aromatic nitrogens is 1. The number of para-hydroxylation sites is 1. The molecule has 0 fully saturated rings. The van der Waals surface area contributed by atoms with Gasteiger partial charge >= 0.3 is 0 Å². The van der Waals surface area contributed by atoms with Crippen molar-refractivity contribution in [1.82, 2.24) is 4.57 Å². The molecule has 0 bridgehead atoms. The van der Waals surface area contributed by atoms with E-state index in [2.05, 4.69) is 18.0 Å². The van der Waals surface area contributed by atoms with Crippen LogP contribution in [0.25, 0.3) is 21.8 Å². The number of nitrogens with zero attached hydrogens (tertiary/aromatic N) is 1. The van der Waals surface area contributed by atoms with Gasteiger partial charge in [0.1, 0.15) is 6.29 Å². The van der Waals surface area contributed by atoms with E-state index in [0.717, 1.165) is 28.1 Å². The molecule has 0 aliphatic heterocycles. The van der Waals surface area contributed by atoms with Gasteiger partial charge in [-0.15, -0.1) is 0 Å². The molecule has 0 saturated carbocycles. The van der Waals surface area contributed by atoms with E-state index in [1.807, 2.05) is 47.9 Å². The summed E-state index contributed by atoms with van der Waals surface area (Å²) in [5.41, 5.74) is 2.80. The van der Waals surface area contributed by atoms with Crippen LogP contribution in [0.3, 0.4) is 0 Å². The molecule has 86 valence electrons. The molecule has 3 rings (SSSR count). The summed E-state index contributed by atoms with van der Waals surface area (Å²) in [6.07, 6.45) is 0.872. The molecule has 2 aromatic carbocycles. The van der Waals surface area contributed by atoms with E-state index < -0.39 is 0 Å². The molecule has 18 heavy (non-hydrogen) atoms. The van der Waals surface area contributed by atoms with Crippen molar-refractivity contribution in [2.75, 3.05) is 0 Å². The zero-order chi connectivity index (χ0) is 12.5. The van der Waals surface area contributed by atoms with Crippen LogP contribution >= 0.6 is 0 Å². The number of hydrogen-bond donors (Lipinski definition) is 0. The molecule has 0 N–H and O–H groups in total. The van der Waals surface area contributed by atoms with Crippen molar-refractivity contribution >= 4 is 28.1 Å². The van der Waals surface area contributed by atoms with Crippen LogP contribution in [0.5, 0.6) is 0 Å². The molecule has 1 heterocycles. The predicted molar refractivity (Wildman–Crippen MR) is 73.7 cm³/mol. The van der Waals surface area contributed by atoms with Crippen molar-refractivity contribution in [1.29, 1.82) is 0 Å². The molecule has 2 heteroatoms. The average molecular weight is 233 g/mol. The second-order valence-corrected chi connectivity index (χ2v) is 4.11. The van der Waals surface area contributed by atoms with Crippen molar-refractivity contribution in [2.24, 2.45) is 0 Å². The highest BCUT2D eigenvalue weighted by Crippen LogP contribution is 2.28. The van der Waals surface area contributed by atoms with Crippen LogP contribution < -0.4 is 0 Å². The van der Waals surface area contributed by atoms with E-state index in [4.69, 9.17) is 0 Å². The summed E-state index contributed by atoms with van der Waals surface area (Å²) in [7, 11) is 0. The first-order valence-electron chi connectivity index (χ1n) is 5.76. The van der Waals surface area contributed by atoms with Gasteiger partial charge < -0.3 is 0 Å². The Morgan fingerprint density at radius 1 is 1.06 bits per heavy atom. The zero-order valence-electron chi connectivity index (χ0n) is 9.97. The molecule has 0 amide bonds. The summed E-state index contributed by atoms with van der Waals surface area (Å²) in [6.45, 7) is 1.82. The topological polar surface area (TPSA) is 22.0 Å². The summed E-state index contributed by atoms with van der Waals surface area (Å²) in [6, 6.07) is 16.9. The Bertz CT molecular complexity index is 815. The second-order valence-electron chi connectivity index (χ2n) is 4.11. The molecule has 0 radical (unpaired) electrons. The minimum atomic E-state index is 0.690. The van der Waals surface area contributed by atoms with E-state index in [1.165, 1.54) is 0 Å². The molecule has 0 atom stereocenters. The number of aldehydes is 1. The highest BCUT2D eigenvalue weighted by Gasteiger charge is 2.09. The first-order chi connectivity index (χ1) is 8.85. The first kappa shape index (κ1) is 10.6. The lowest BCUT2D eigenvalue weighted by Crippen LogP contribution is -1.87. The molecule has 3 aromatic rings. The number of rotatable bonds is 1. The lowest BCUT2D eigenvalue weighted by molar-refractivity contribution is 0.112. The molecule has 0 aliphatic rings. The van der Waals surface area contributed by atoms with E-state index >= 15 is 0 Å². The van der Waals surface area contributed by atoms with Gasteiger partial charge in [0.15, 0.2) is 0 Å². The Morgan fingerprint density at radius 2 is 1.83 bits per heavy atom. The zero-order valence-corrected chi connectivity index (χ0v) is 9.97. The fourth-order valence-corrected chi connectivity index (χ4v) is 2.30. The van der Waals surface area contributed by atoms with Crippen LogP contribution in [0.2, 0.25) is 0 Å². The van der Waals surface area contributed by atoms with Gasteiger partial charge in [0.2, 0.25) is 0 Å². The predicted octanol–water partition coefficient (Wildman–Crippen LogP) is 3.44.